The zero-order chi connectivity index (χ0) is 7.90. The molecule has 0 atom stereocenters. The van der Waals surface area contributed by atoms with Crippen LogP contribution in [-0.2, 0) is 19.1 Å². The Morgan fingerprint density at radius 1 is 0.929 bits per heavy atom. The highest BCUT2D eigenvalue weighted by molar-refractivity contribution is 5.76. The number of carbonyl (C=O) groups is 2. The van der Waals surface area contributed by atoms with E-state index >= 15 is 0 Å². The van der Waals surface area contributed by atoms with Crippen molar-refractivity contribution in [2.45, 2.75) is 38.9 Å². The van der Waals surface area contributed by atoms with Gasteiger partial charge in [0.2, 0.25) is 0 Å². The van der Waals surface area contributed by atoms with E-state index in [2.05, 4.69) is 0 Å². The second-order valence-electron chi connectivity index (χ2n) is 2.86. The van der Waals surface area contributed by atoms with Crippen molar-refractivity contribution in [3.8, 4) is 0 Å². The van der Waals surface area contributed by atoms with Gasteiger partial charge in [0.25, 0.3) is 5.79 Å². The zero-order valence-corrected chi connectivity index (χ0v) is 6.96. The molecule has 2 heterocycles. The Labute approximate surface area is 81.8 Å². The fraction of sp³-hybridized carbons (Fsp3) is 0.750. The maximum Gasteiger partial charge on any atom is 0.309 e. The van der Waals surface area contributed by atoms with Crippen LogP contribution in [0.2, 0.25) is 0 Å². The molecule has 2 aliphatic heterocycles. The van der Waals surface area contributed by atoms with Gasteiger partial charge in [-0.2, -0.15) is 0 Å². The first-order chi connectivity index (χ1) is 5.20. The van der Waals surface area contributed by atoms with Gasteiger partial charge in [0.05, 0.1) is 12.8 Å². The van der Waals surface area contributed by atoms with Crippen LogP contribution < -0.4 is 0 Å². The van der Waals surface area contributed by atoms with Gasteiger partial charge in [-0.1, -0.05) is 7.43 Å². The van der Waals surface area contributed by atoms with Gasteiger partial charge in [-0.15, -0.1) is 0 Å². The summed E-state index contributed by atoms with van der Waals surface area (Å²) in [7, 11) is 0. The molecular formula is C8H16O6. The van der Waals surface area contributed by atoms with Crippen molar-refractivity contribution < 1.29 is 30.0 Å². The number of rotatable bonds is 0. The third-order valence-electron chi connectivity index (χ3n) is 2.02. The maximum absolute atomic E-state index is 10.7. The third-order valence-corrected chi connectivity index (χ3v) is 2.02. The van der Waals surface area contributed by atoms with Crippen LogP contribution in [0.4, 0.5) is 0 Å². The molecule has 0 aromatic rings. The maximum atomic E-state index is 10.7. The van der Waals surface area contributed by atoms with Crippen LogP contribution >= 0.6 is 0 Å². The van der Waals surface area contributed by atoms with E-state index in [4.69, 9.17) is 9.47 Å². The topological polar surface area (TPSA) is 116 Å². The number of hydrogen-bond acceptors (Lipinski definition) is 4. The van der Waals surface area contributed by atoms with Gasteiger partial charge in [0.15, 0.2) is 0 Å². The van der Waals surface area contributed by atoms with Gasteiger partial charge in [-0.05, 0) is 0 Å². The molecule has 0 aliphatic carbocycles. The van der Waals surface area contributed by atoms with Crippen LogP contribution in [0.25, 0.3) is 0 Å². The van der Waals surface area contributed by atoms with E-state index in [0.29, 0.717) is 25.7 Å². The van der Waals surface area contributed by atoms with Crippen LogP contribution in [0.5, 0.6) is 0 Å². The molecule has 14 heavy (non-hydrogen) atoms. The standard InChI is InChI=1S/C7H8O4.CH4.2H2O/c8-5-1-3-7(10-5)4-2-6(9)11-7;;;/h1-4H2;1H4;2*1H2. The van der Waals surface area contributed by atoms with Crippen molar-refractivity contribution >= 4 is 11.9 Å². The Balaban J connectivity index is 0. The van der Waals surface area contributed by atoms with E-state index in [1.165, 1.54) is 0 Å². The summed E-state index contributed by atoms with van der Waals surface area (Å²) in [5.74, 6) is -1.40. The largest absolute Gasteiger partial charge is 0.422 e. The molecule has 2 aliphatic rings. The molecule has 0 unspecified atom stereocenters. The number of ether oxygens (including phenoxy) is 2. The van der Waals surface area contributed by atoms with Crippen LogP contribution in [-0.4, -0.2) is 28.7 Å². The predicted molar refractivity (Wildman–Crippen MR) is 47.3 cm³/mol. The first kappa shape index (κ1) is 15.3. The van der Waals surface area contributed by atoms with E-state index in [9.17, 15) is 9.59 Å². The molecule has 6 heteroatoms. The molecule has 0 aromatic carbocycles. The lowest BCUT2D eigenvalue weighted by atomic mass is 10.1. The van der Waals surface area contributed by atoms with Crippen LogP contribution in [0.3, 0.4) is 0 Å². The number of esters is 2. The van der Waals surface area contributed by atoms with Crippen molar-refractivity contribution in [2.75, 3.05) is 0 Å². The van der Waals surface area contributed by atoms with Gasteiger partial charge >= 0.3 is 11.9 Å². The summed E-state index contributed by atoms with van der Waals surface area (Å²) >= 11 is 0. The molecule has 0 radical (unpaired) electrons. The molecule has 2 fully saturated rings. The lowest BCUT2D eigenvalue weighted by molar-refractivity contribution is -0.197. The van der Waals surface area contributed by atoms with Crippen molar-refractivity contribution in [1.82, 2.24) is 0 Å². The van der Waals surface area contributed by atoms with E-state index in [1.54, 1.807) is 0 Å². The summed E-state index contributed by atoms with van der Waals surface area (Å²) in [4.78, 5) is 21.4. The highest BCUT2D eigenvalue weighted by Crippen LogP contribution is 2.37. The molecule has 6 nitrogen and oxygen atoms in total. The smallest absolute Gasteiger partial charge is 0.309 e. The molecular weight excluding hydrogens is 192 g/mol. The molecule has 0 bridgehead atoms. The Bertz CT molecular complexity index is 200. The van der Waals surface area contributed by atoms with Gasteiger partial charge < -0.3 is 20.4 Å². The van der Waals surface area contributed by atoms with Crippen molar-refractivity contribution in [2.24, 2.45) is 0 Å². The molecule has 0 saturated carbocycles. The lowest BCUT2D eigenvalue weighted by Crippen LogP contribution is -2.27. The van der Waals surface area contributed by atoms with E-state index < -0.39 is 5.79 Å². The minimum absolute atomic E-state index is 0. The molecule has 4 N–H and O–H groups in total. The number of carbonyl (C=O) groups excluding carboxylic acids is 2. The summed E-state index contributed by atoms with van der Waals surface area (Å²) in [5, 5.41) is 0. The zero-order valence-electron chi connectivity index (χ0n) is 6.96. The molecule has 1 spiro atoms. The highest BCUT2D eigenvalue weighted by Gasteiger charge is 2.48. The highest BCUT2D eigenvalue weighted by atomic mass is 16.7. The van der Waals surface area contributed by atoms with Crippen molar-refractivity contribution in [3.63, 3.8) is 0 Å². The second kappa shape index (κ2) is 4.92. The van der Waals surface area contributed by atoms with E-state index in [-0.39, 0.29) is 30.3 Å². The normalized spacial score (nSPS) is 21.4. The minimum atomic E-state index is -0.867. The molecule has 84 valence electrons. The molecule has 2 saturated heterocycles. The monoisotopic (exact) mass is 208 g/mol. The summed E-state index contributed by atoms with van der Waals surface area (Å²) in [5.41, 5.74) is 0. The van der Waals surface area contributed by atoms with E-state index in [1.807, 2.05) is 0 Å². The summed E-state index contributed by atoms with van der Waals surface area (Å²) in [6.45, 7) is 0. The Hall–Kier alpha value is -1.14. The van der Waals surface area contributed by atoms with Gasteiger partial charge in [-0.3, -0.25) is 9.59 Å². The van der Waals surface area contributed by atoms with Gasteiger partial charge in [0.1, 0.15) is 0 Å². The van der Waals surface area contributed by atoms with Gasteiger partial charge in [-0.25, -0.2) is 0 Å². The quantitative estimate of drug-likeness (QED) is 0.491. The summed E-state index contributed by atoms with van der Waals surface area (Å²) < 4.78 is 9.80. The molecule has 2 rings (SSSR count). The molecule has 0 aromatic heterocycles. The number of hydrogen-bond donors (Lipinski definition) is 0. The van der Waals surface area contributed by atoms with Crippen molar-refractivity contribution in [3.05, 3.63) is 0 Å². The average molecular weight is 208 g/mol. The minimum Gasteiger partial charge on any atom is -0.422 e. The Morgan fingerprint density at radius 3 is 1.50 bits per heavy atom. The Morgan fingerprint density at radius 2 is 1.29 bits per heavy atom. The van der Waals surface area contributed by atoms with E-state index in [0.717, 1.165) is 0 Å². The van der Waals surface area contributed by atoms with Gasteiger partial charge in [0, 0.05) is 12.8 Å². The first-order valence-electron chi connectivity index (χ1n) is 3.64. The Kier molecular flexibility index (Phi) is 5.39. The third kappa shape index (κ3) is 2.43. The second-order valence-corrected chi connectivity index (χ2v) is 2.86. The molecule has 0 amide bonds. The fourth-order valence-corrected chi connectivity index (χ4v) is 1.45. The van der Waals surface area contributed by atoms with Crippen molar-refractivity contribution in [1.29, 1.82) is 0 Å². The summed E-state index contributed by atoms with van der Waals surface area (Å²) in [6, 6.07) is 0. The average Bonchev–Trinajstić information content (AvgIpc) is 2.44. The fourth-order valence-electron chi connectivity index (χ4n) is 1.45. The SMILES string of the molecule is C.O.O.O=C1CCC2(CCC(=O)O2)O1. The van der Waals surface area contributed by atoms with Crippen LogP contribution in [0.1, 0.15) is 33.1 Å². The predicted octanol–water partition coefficient (Wildman–Crippen LogP) is -0.657. The van der Waals surface area contributed by atoms with Crippen LogP contribution in [0.15, 0.2) is 0 Å². The summed E-state index contributed by atoms with van der Waals surface area (Å²) in [6.07, 6.45) is 1.79. The lowest BCUT2D eigenvalue weighted by Gasteiger charge is -2.18. The van der Waals surface area contributed by atoms with Crippen LogP contribution in [0, 0.1) is 0 Å². The first-order valence-corrected chi connectivity index (χ1v) is 3.64.